The molecule has 10 nitrogen and oxygen atoms in total. The van der Waals surface area contributed by atoms with Gasteiger partial charge in [0.15, 0.2) is 5.69 Å². The average molecular weight is 487 g/mol. The van der Waals surface area contributed by atoms with E-state index in [0.717, 1.165) is 11.1 Å². The van der Waals surface area contributed by atoms with E-state index in [1.54, 1.807) is 11.9 Å². The van der Waals surface area contributed by atoms with Gasteiger partial charge in [0.2, 0.25) is 11.8 Å². The number of nitrogens with two attached hydrogens (primary N) is 1. The Bertz CT molecular complexity index is 1180. The maximum Gasteiger partial charge on any atom is 0.330 e. The number of carbonyl (C=O) groups excluding carboxylic acids is 2. The van der Waals surface area contributed by atoms with Crippen LogP contribution in [0, 0.1) is 25.7 Å². The lowest BCUT2D eigenvalue weighted by molar-refractivity contribution is -0.121. The van der Waals surface area contributed by atoms with Crippen LogP contribution in [0.25, 0.3) is 0 Å². The number of nitrogens with zero attached hydrogens (tertiary/aromatic N) is 3. The predicted molar refractivity (Wildman–Crippen MR) is 140 cm³/mol. The summed E-state index contributed by atoms with van der Waals surface area (Å²) in [6.45, 7) is 12.0. The van der Waals surface area contributed by atoms with Crippen LogP contribution < -0.4 is 27.2 Å². The van der Waals surface area contributed by atoms with Crippen molar-refractivity contribution in [2.75, 3.05) is 42.6 Å². The van der Waals surface area contributed by atoms with Gasteiger partial charge in [-0.2, -0.15) is 0 Å². The van der Waals surface area contributed by atoms with Gasteiger partial charge in [0.25, 0.3) is 5.56 Å². The molecule has 0 radical (unpaired) electrons. The third-order valence-electron chi connectivity index (χ3n) is 5.36. The van der Waals surface area contributed by atoms with Crippen molar-refractivity contribution >= 4 is 29.0 Å². The molecule has 0 unspecified atom stereocenters. The number of nitrogen functional groups attached to an aromatic ring is 1. The molecule has 0 atom stereocenters. The van der Waals surface area contributed by atoms with Crippen molar-refractivity contribution in [3.63, 3.8) is 0 Å². The molecule has 10 heteroatoms. The number of likely N-dealkylation sites (N-methyl/N-ethyl adjacent to an activating group) is 1. The number of anilines is 3. The normalized spacial score (nSPS) is 11.4. The van der Waals surface area contributed by atoms with E-state index in [1.165, 1.54) is 9.47 Å². The van der Waals surface area contributed by atoms with Gasteiger partial charge >= 0.3 is 5.69 Å². The first-order chi connectivity index (χ1) is 16.3. The summed E-state index contributed by atoms with van der Waals surface area (Å²) < 4.78 is 1.28. The molecule has 2 aromatic rings. The average Bonchev–Trinajstić information content (AvgIpc) is 2.71. The van der Waals surface area contributed by atoms with E-state index in [0.29, 0.717) is 12.2 Å². The molecule has 0 bridgehead atoms. The summed E-state index contributed by atoms with van der Waals surface area (Å²) in [5, 5.41) is 2.87. The Morgan fingerprint density at radius 2 is 1.74 bits per heavy atom. The van der Waals surface area contributed by atoms with Crippen molar-refractivity contribution in [2.24, 2.45) is 11.8 Å². The van der Waals surface area contributed by atoms with E-state index in [4.69, 9.17) is 5.73 Å². The zero-order valence-electron chi connectivity index (χ0n) is 21.8. The molecule has 0 fully saturated rings. The van der Waals surface area contributed by atoms with Crippen LogP contribution in [-0.4, -0.2) is 52.9 Å². The second kappa shape index (κ2) is 11.8. The van der Waals surface area contributed by atoms with Gasteiger partial charge in [-0.05, 0) is 44.4 Å². The number of rotatable bonds is 10. The Morgan fingerprint density at radius 3 is 2.31 bits per heavy atom. The first-order valence-electron chi connectivity index (χ1n) is 11.8. The molecule has 0 saturated heterocycles. The molecular formula is C25H38N6O4. The van der Waals surface area contributed by atoms with E-state index in [1.807, 2.05) is 59.7 Å². The van der Waals surface area contributed by atoms with Crippen molar-refractivity contribution in [1.29, 1.82) is 0 Å². The Kier molecular flexibility index (Phi) is 9.41. The quantitative estimate of drug-likeness (QED) is 0.470. The van der Waals surface area contributed by atoms with Crippen molar-refractivity contribution in [3.8, 4) is 0 Å². The SMILES string of the molecule is Cc1ccc(NC(=O)CN(C)CC(=O)N(CC(C)C)c2c(N)n(CC(C)C)c(=O)[nH]c2=O)c(C)c1. The van der Waals surface area contributed by atoms with Gasteiger partial charge in [-0.15, -0.1) is 0 Å². The first kappa shape index (κ1) is 27.8. The fourth-order valence-corrected chi connectivity index (χ4v) is 3.83. The van der Waals surface area contributed by atoms with Crippen LogP contribution >= 0.6 is 0 Å². The van der Waals surface area contributed by atoms with Gasteiger partial charge < -0.3 is 16.0 Å². The molecule has 192 valence electrons. The fourth-order valence-electron chi connectivity index (χ4n) is 3.83. The number of benzene rings is 1. The van der Waals surface area contributed by atoms with E-state index in [2.05, 4.69) is 10.3 Å². The summed E-state index contributed by atoms with van der Waals surface area (Å²) in [6.07, 6.45) is 0. The number of carbonyl (C=O) groups is 2. The third kappa shape index (κ3) is 7.54. The van der Waals surface area contributed by atoms with E-state index in [-0.39, 0.29) is 48.9 Å². The fraction of sp³-hybridized carbons (Fsp3) is 0.520. The molecule has 0 spiro atoms. The molecule has 0 saturated carbocycles. The first-order valence-corrected chi connectivity index (χ1v) is 11.8. The van der Waals surface area contributed by atoms with Gasteiger partial charge in [-0.25, -0.2) is 4.79 Å². The van der Waals surface area contributed by atoms with Crippen molar-refractivity contribution < 1.29 is 9.59 Å². The minimum Gasteiger partial charge on any atom is -0.383 e. The summed E-state index contributed by atoms with van der Waals surface area (Å²) in [6, 6.07) is 5.74. The molecular weight excluding hydrogens is 448 g/mol. The van der Waals surface area contributed by atoms with Crippen molar-refractivity contribution in [2.45, 2.75) is 48.1 Å². The van der Waals surface area contributed by atoms with Crippen molar-refractivity contribution in [3.05, 3.63) is 50.2 Å². The summed E-state index contributed by atoms with van der Waals surface area (Å²) in [4.78, 5) is 56.1. The standard InChI is InChI=1S/C25H38N6O4/c1-15(2)11-30(22-23(26)31(12-16(3)4)25(35)28-24(22)34)21(33)14-29(7)13-20(32)27-19-9-8-17(5)10-18(19)6/h8-10,15-16H,11-14,26H2,1-7H3,(H,27,32)(H,28,34,35). The number of hydrogen-bond donors (Lipinski definition) is 3. The Hall–Kier alpha value is -3.40. The third-order valence-corrected chi connectivity index (χ3v) is 5.36. The predicted octanol–water partition coefficient (Wildman–Crippen LogP) is 1.95. The Balaban J connectivity index is 2.24. The van der Waals surface area contributed by atoms with Gasteiger partial charge in [0, 0.05) is 18.8 Å². The topological polar surface area (TPSA) is 134 Å². The Labute approximate surface area is 206 Å². The zero-order chi connectivity index (χ0) is 26.4. The molecule has 4 N–H and O–H groups in total. The smallest absolute Gasteiger partial charge is 0.330 e. The van der Waals surface area contributed by atoms with E-state index in [9.17, 15) is 19.2 Å². The van der Waals surface area contributed by atoms with E-state index < -0.39 is 17.2 Å². The highest BCUT2D eigenvalue weighted by atomic mass is 16.2. The minimum atomic E-state index is -0.711. The van der Waals surface area contributed by atoms with Crippen LogP contribution in [0.2, 0.25) is 0 Å². The number of aryl methyl sites for hydroxylation is 2. The number of hydrogen-bond acceptors (Lipinski definition) is 6. The highest BCUT2D eigenvalue weighted by Crippen LogP contribution is 2.20. The summed E-state index contributed by atoms with van der Waals surface area (Å²) in [5.74, 6) is -0.569. The number of nitrogens with one attached hydrogen (secondary N) is 2. The molecule has 0 aliphatic rings. The number of amides is 2. The molecule has 0 aliphatic carbocycles. The summed E-state index contributed by atoms with van der Waals surface area (Å²) in [5.41, 5.74) is 7.64. The second-order valence-corrected chi connectivity index (χ2v) is 9.93. The van der Waals surface area contributed by atoms with E-state index >= 15 is 0 Å². The lowest BCUT2D eigenvalue weighted by atomic mass is 10.1. The van der Waals surface area contributed by atoms with Crippen LogP contribution in [0.5, 0.6) is 0 Å². The molecule has 2 rings (SSSR count). The number of aromatic amines is 1. The molecule has 2 amide bonds. The van der Waals surface area contributed by atoms with Gasteiger partial charge in [-0.1, -0.05) is 45.4 Å². The monoisotopic (exact) mass is 486 g/mol. The summed E-state index contributed by atoms with van der Waals surface area (Å²) in [7, 11) is 1.65. The highest BCUT2D eigenvalue weighted by molar-refractivity contribution is 5.98. The van der Waals surface area contributed by atoms with Crippen LogP contribution in [-0.2, 0) is 16.1 Å². The van der Waals surface area contributed by atoms with Crippen molar-refractivity contribution in [1.82, 2.24) is 14.5 Å². The zero-order valence-corrected chi connectivity index (χ0v) is 21.8. The van der Waals surface area contributed by atoms with Gasteiger partial charge in [-0.3, -0.25) is 28.8 Å². The Morgan fingerprint density at radius 1 is 1.09 bits per heavy atom. The summed E-state index contributed by atoms with van der Waals surface area (Å²) >= 11 is 0. The van der Waals surface area contributed by atoms with Gasteiger partial charge in [0.05, 0.1) is 13.1 Å². The molecule has 0 aliphatic heterocycles. The van der Waals surface area contributed by atoms with Crippen LogP contribution in [0.15, 0.2) is 27.8 Å². The van der Waals surface area contributed by atoms with Gasteiger partial charge in [0.1, 0.15) is 5.82 Å². The minimum absolute atomic E-state index is 0.0206. The maximum atomic E-state index is 13.3. The molecule has 1 aromatic heterocycles. The second-order valence-electron chi connectivity index (χ2n) is 9.93. The molecule has 1 aromatic carbocycles. The van der Waals surface area contributed by atoms with Crippen LogP contribution in [0.1, 0.15) is 38.8 Å². The number of aromatic nitrogens is 2. The maximum absolute atomic E-state index is 13.3. The molecule has 35 heavy (non-hydrogen) atoms. The lowest BCUT2D eigenvalue weighted by Crippen LogP contribution is -2.47. The number of H-pyrrole nitrogens is 1. The van der Waals surface area contributed by atoms with Crippen LogP contribution in [0.4, 0.5) is 17.2 Å². The lowest BCUT2D eigenvalue weighted by Gasteiger charge is -2.28. The molecule has 1 heterocycles. The highest BCUT2D eigenvalue weighted by Gasteiger charge is 2.26. The largest absolute Gasteiger partial charge is 0.383 e. The van der Waals surface area contributed by atoms with Crippen LogP contribution in [0.3, 0.4) is 0 Å².